The summed E-state index contributed by atoms with van der Waals surface area (Å²) in [5.74, 6) is -0.632. The van der Waals surface area contributed by atoms with Gasteiger partial charge in [-0.1, -0.05) is 48.5 Å². The highest BCUT2D eigenvalue weighted by atomic mass is 16.2. The molecule has 0 unspecified atom stereocenters. The van der Waals surface area contributed by atoms with Crippen molar-refractivity contribution in [1.82, 2.24) is 9.80 Å². The Morgan fingerprint density at radius 1 is 1.00 bits per heavy atom. The van der Waals surface area contributed by atoms with Crippen molar-refractivity contribution in [2.45, 2.75) is 31.8 Å². The predicted octanol–water partition coefficient (Wildman–Crippen LogP) is 1.98. The van der Waals surface area contributed by atoms with E-state index < -0.39 is 6.04 Å². The Kier molecular flexibility index (Phi) is 5.34. The molecule has 3 amide bonds. The Bertz CT molecular complexity index is 920. The molecule has 0 aromatic heterocycles. The number of likely N-dealkylation sites (tertiary alicyclic amines) is 1. The molecule has 0 bridgehead atoms. The van der Waals surface area contributed by atoms with E-state index in [9.17, 15) is 14.4 Å². The van der Waals surface area contributed by atoms with Crippen molar-refractivity contribution in [1.29, 1.82) is 0 Å². The van der Waals surface area contributed by atoms with Gasteiger partial charge in [0.2, 0.25) is 11.8 Å². The molecule has 6 nitrogen and oxygen atoms in total. The molecule has 0 aliphatic carbocycles. The second-order valence-electron chi connectivity index (χ2n) is 7.80. The lowest BCUT2D eigenvalue weighted by molar-refractivity contribution is -0.139. The average molecular weight is 391 g/mol. The predicted molar refractivity (Wildman–Crippen MR) is 109 cm³/mol. The van der Waals surface area contributed by atoms with Crippen LogP contribution < -0.4 is 5.73 Å². The monoisotopic (exact) mass is 391 g/mol. The zero-order valence-electron chi connectivity index (χ0n) is 16.3. The van der Waals surface area contributed by atoms with Crippen molar-refractivity contribution in [3.05, 3.63) is 71.3 Å². The number of hydrogen-bond donors (Lipinski definition) is 1. The number of benzene rings is 2. The molecule has 0 saturated carbocycles. The summed E-state index contributed by atoms with van der Waals surface area (Å²) in [5.41, 5.74) is 8.06. The van der Waals surface area contributed by atoms with Crippen LogP contribution in [0.2, 0.25) is 0 Å². The number of amides is 3. The van der Waals surface area contributed by atoms with Crippen LogP contribution in [0.5, 0.6) is 0 Å². The number of nitrogens with two attached hydrogens (primary N) is 1. The molecule has 2 aromatic rings. The number of rotatable bonds is 5. The van der Waals surface area contributed by atoms with Crippen LogP contribution in [0.15, 0.2) is 54.6 Å². The van der Waals surface area contributed by atoms with Gasteiger partial charge in [0, 0.05) is 37.5 Å². The van der Waals surface area contributed by atoms with Gasteiger partial charge < -0.3 is 15.5 Å². The van der Waals surface area contributed by atoms with E-state index in [0.717, 1.165) is 11.1 Å². The zero-order valence-corrected chi connectivity index (χ0v) is 16.3. The highest BCUT2D eigenvalue weighted by Gasteiger charge is 2.39. The van der Waals surface area contributed by atoms with Gasteiger partial charge in [-0.2, -0.15) is 0 Å². The summed E-state index contributed by atoms with van der Waals surface area (Å²) < 4.78 is 0. The Morgan fingerprint density at radius 3 is 2.31 bits per heavy atom. The summed E-state index contributed by atoms with van der Waals surface area (Å²) in [5, 5.41) is 0. The quantitative estimate of drug-likeness (QED) is 0.846. The van der Waals surface area contributed by atoms with Gasteiger partial charge in [0.1, 0.15) is 6.04 Å². The van der Waals surface area contributed by atoms with Crippen LogP contribution >= 0.6 is 0 Å². The summed E-state index contributed by atoms with van der Waals surface area (Å²) in [6.07, 6.45) is 1.62. The molecule has 6 heteroatoms. The highest BCUT2D eigenvalue weighted by molar-refractivity contribution is 6.01. The number of carbonyl (C=O) groups is 3. The lowest BCUT2D eigenvalue weighted by Crippen LogP contribution is -2.52. The second-order valence-corrected chi connectivity index (χ2v) is 7.80. The summed E-state index contributed by atoms with van der Waals surface area (Å²) >= 11 is 0. The molecule has 1 fully saturated rings. The van der Waals surface area contributed by atoms with Gasteiger partial charge in [-0.25, -0.2) is 0 Å². The molecule has 1 saturated heterocycles. The van der Waals surface area contributed by atoms with E-state index in [4.69, 9.17) is 5.73 Å². The largest absolute Gasteiger partial charge is 0.369 e. The molecule has 1 atom stereocenters. The zero-order chi connectivity index (χ0) is 20.4. The van der Waals surface area contributed by atoms with Crippen LogP contribution in [-0.2, 0) is 22.6 Å². The number of hydrogen-bond acceptors (Lipinski definition) is 3. The standard InChI is InChI=1S/C23H25N3O3/c24-21(27)17-10-12-25(13-11-17)23(29)20(14-16-6-2-1-3-7-16)26-15-18-8-4-5-9-19(18)22(26)28/h1-9,17,20H,10-15H2,(H2,24,27)/t20-/m0/s1. The first-order chi connectivity index (χ1) is 14.0. The van der Waals surface area contributed by atoms with E-state index in [-0.39, 0.29) is 23.6 Å². The number of fused-ring (bicyclic) bond motifs is 1. The number of primary amides is 1. The molecular formula is C23H25N3O3. The molecule has 2 aromatic carbocycles. The van der Waals surface area contributed by atoms with Crippen molar-refractivity contribution >= 4 is 17.7 Å². The van der Waals surface area contributed by atoms with Gasteiger partial charge >= 0.3 is 0 Å². The average Bonchev–Trinajstić information content (AvgIpc) is 3.09. The maximum absolute atomic E-state index is 13.5. The van der Waals surface area contributed by atoms with Gasteiger partial charge in [-0.3, -0.25) is 14.4 Å². The fourth-order valence-corrected chi connectivity index (χ4v) is 4.29. The molecule has 4 rings (SSSR count). The van der Waals surface area contributed by atoms with E-state index in [1.54, 1.807) is 9.80 Å². The normalized spacial score (nSPS) is 17.9. The van der Waals surface area contributed by atoms with Crippen LogP contribution in [-0.4, -0.2) is 46.7 Å². The Balaban J connectivity index is 1.57. The van der Waals surface area contributed by atoms with Crippen LogP contribution in [0.4, 0.5) is 0 Å². The number of carbonyl (C=O) groups excluding carboxylic acids is 3. The fraction of sp³-hybridized carbons (Fsp3) is 0.348. The minimum absolute atomic E-state index is 0.0575. The van der Waals surface area contributed by atoms with Gasteiger partial charge in [-0.05, 0) is 30.0 Å². The van der Waals surface area contributed by atoms with Crippen LogP contribution in [0.25, 0.3) is 0 Å². The SMILES string of the molecule is NC(=O)C1CCN(C(=O)[C@H](Cc2ccccc2)N2Cc3ccccc3C2=O)CC1. The van der Waals surface area contributed by atoms with E-state index >= 15 is 0 Å². The van der Waals surface area contributed by atoms with Crippen molar-refractivity contribution in [3.8, 4) is 0 Å². The lowest BCUT2D eigenvalue weighted by Gasteiger charge is -2.36. The third kappa shape index (κ3) is 3.88. The molecule has 2 N–H and O–H groups in total. The van der Waals surface area contributed by atoms with E-state index in [0.29, 0.717) is 44.5 Å². The van der Waals surface area contributed by atoms with Crippen LogP contribution in [0.3, 0.4) is 0 Å². The van der Waals surface area contributed by atoms with Gasteiger partial charge in [0.05, 0.1) is 0 Å². The molecule has 150 valence electrons. The Morgan fingerprint density at radius 2 is 1.66 bits per heavy atom. The minimum atomic E-state index is -0.567. The summed E-state index contributed by atoms with van der Waals surface area (Å²) in [6, 6.07) is 16.7. The van der Waals surface area contributed by atoms with Crippen molar-refractivity contribution < 1.29 is 14.4 Å². The maximum Gasteiger partial charge on any atom is 0.255 e. The summed E-state index contributed by atoms with van der Waals surface area (Å²) in [4.78, 5) is 41.5. The molecule has 2 heterocycles. The third-order valence-corrected chi connectivity index (χ3v) is 5.99. The number of nitrogens with zero attached hydrogens (tertiary/aromatic N) is 2. The molecular weight excluding hydrogens is 366 g/mol. The molecule has 2 aliphatic rings. The van der Waals surface area contributed by atoms with Gasteiger partial charge in [0.25, 0.3) is 5.91 Å². The minimum Gasteiger partial charge on any atom is -0.369 e. The third-order valence-electron chi connectivity index (χ3n) is 5.99. The maximum atomic E-state index is 13.5. The van der Waals surface area contributed by atoms with Gasteiger partial charge in [-0.15, -0.1) is 0 Å². The Labute approximate surface area is 170 Å². The first-order valence-corrected chi connectivity index (χ1v) is 10.1. The molecule has 0 spiro atoms. The molecule has 0 radical (unpaired) electrons. The topological polar surface area (TPSA) is 83.7 Å². The first kappa shape index (κ1) is 19.2. The molecule has 2 aliphatic heterocycles. The van der Waals surface area contributed by atoms with E-state index in [2.05, 4.69) is 0 Å². The van der Waals surface area contributed by atoms with Crippen LogP contribution in [0, 0.1) is 5.92 Å². The summed E-state index contributed by atoms with van der Waals surface area (Å²) in [6.45, 7) is 1.43. The highest BCUT2D eigenvalue weighted by Crippen LogP contribution is 2.28. The van der Waals surface area contributed by atoms with Crippen molar-refractivity contribution in [2.24, 2.45) is 11.7 Å². The number of piperidine rings is 1. The smallest absolute Gasteiger partial charge is 0.255 e. The fourth-order valence-electron chi connectivity index (χ4n) is 4.29. The summed E-state index contributed by atoms with van der Waals surface area (Å²) in [7, 11) is 0. The van der Waals surface area contributed by atoms with Crippen molar-refractivity contribution in [2.75, 3.05) is 13.1 Å². The van der Waals surface area contributed by atoms with E-state index in [1.807, 2.05) is 54.6 Å². The van der Waals surface area contributed by atoms with E-state index in [1.165, 1.54) is 0 Å². The van der Waals surface area contributed by atoms with Gasteiger partial charge in [0.15, 0.2) is 0 Å². The second kappa shape index (κ2) is 8.07. The van der Waals surface area contributed by atoms with Crippen molar-refractivity contribution in [3.63, 3.8) is 0 Å². The first-order valence-electron chi connectivity index (χ1n) is 10.1. The lowest BCUT2D eigenvalue weighted by atomic mass is 9.95. The van der Waals surface area contributed by atoms with Crippen LogP contribution in [0.1, 0.15) is 34.3 Å². The molecule has 29 heavy (non-hydrogen) atoms. The Hall–Kier alpha value is -3.15.